The van der Waals surface area contributed by atoms with E-state index < -0.39 is 17.6 Å². The Balaban J connectivity index is 4.52. The number of nitrogens with zero attached hydrogens (tertiary/aromatic N) is 1. The summed E-state index contributed by atoms with van der Waals surface area (Å²) in [4.78, 5) is 0. The largest absolute Gasteiger partial charge is 0.411 e. The van der Waals surface area contributed by atoms with Crippen LogP contribution in [0.3, 0.4) is 0 Å². The molecule has 0 fully saturated rings. The third kappa shape index (κ3) is 2.44. The standard InChI is InChI=1S/C7H13F2NO/c1-4-7(2,3)5(10-11)6(8)9/h6,11H,4H2,1-3H3. The van der Waals surface area contributed by atoms with Crippen molar-refractivity contribution in [2.45, 2.75) is 33.6 Å². The quantitative estimate of drug-likeness (QED) is 0.389. The lowest BCUT2D eigenvalue weighted by atomic mass is 9.85. The van der Waals surface area contributed by atoms with Gasteiger partial charge in [0.15, 0.2) is 0 Å². The summed E-state index contributed by atoms with van der Waals surface area (Å²) in [5.41, 5.74) is -1.16. The molecule has 66 valence electrons. The lowest BCUT2D eigenvalue weighted by Gasteiger charge is -2.22. The molecule has 0 rings (SSSR count). The molecule has 0 aromatic rings. The fraction of sp³-hybridized carbons (Fsp3) is 0.857. The maximum absolute atomic E-state index is 12.1. The molecule has 4 heteroatoms. The van der Waals surface area contributed by atoms with Gasteiger partial charge in [-0.25, -0.2) is 8.78 Å². The van der Waals surface area contributed by atoms with E-state index in [9.17, 15) is 8.78 Å². The van der Waals surface area contributed by atoms with E-state index in [4.69, 9.17) is 5.21 Å². The summed E-state index contributed by atoms with van der Waals surface area (Å²) in [6.45, 7) is 5.01. The van der Waals surface area contributed by atoms with Gasteiger partial charge in [0.2, 0.25) is 0 Å². The highest BCUT2D eigenvalue weighted by Gasteiger charge is 2.30. The third-order valence-electron chi connectivity index (χ3n) is 1.89. The van der Waals surface area contributed by atoms with Crippen molar-refractivity contribution in [1.29, 1.82) is 0 Å². The Morgan fingerprint density at radius 3 is 2.09 bits per heavy atom. The first-order chi connectivity index (χ1) is 4.95. The molecule has 0 unspecified atom stereocenters. The van der Waals surface area contributed by atoms with E-state index in [0.29, 0.717) is 6.42 Å². The molecule has 0 aromatic heterocycles. The number of alkyl halides is 2. The van der Waals surface area contributed by atoms with Crippen molar-refractivity contribution in [3.63, 3.8) is 0 Å². The van der Waals surface area contributed by atoms with Crippen LogP contribution in [-0.2, 0) is 0 Å². The normalized spacial score (nSPS) is 14.2. The van der Waals surface area contributed by atoms with E-state index in [0.717, 1.165) is 0 Å². The molecule has 0 atom stereocenters. The summed E-state index contributed by atoms with van der Waals surface area (Å²) < 4.78 is 24.2. The zero-order chi connectivity index (χ0) is 9.07. The Morgan fingerprint density at radius 1 is 1.55 bits per heavy atom. The minimum Gasteiger partial charge on any atom is -0.411 e. The average molecular weight is 165 g/mol. The van der Waals surface area contributed by atoms with Crippen molar-refractivity contribution >= 4 is 5.71 Å². The molecule has 0 amide bonds. The van der Waals surface area contributed by atoms with Gasteiger partial charge in [-0.05, 0) is 6.42 Å². The van der Waals surface area contributed by atoms with Crippen LogP contribution in [0.25, 0.3) is 0 Å². The molecule has 0 aromatic carbocycles. The molecular formula is C7H13F2NO. The van der Waals surface area contributed by atoms with Crippen LogP contribution < -0.4 is 0 Å². The summed E-state index contributed by atoms with van der Waals surface area (Å²) in [6.07, 6.45) is -2.15. The fourth-order valence-corrected chi connectivity index (χ4v) is 0.655. The number of rotatable bonds is 3. The first-order valence-electron chi connectivity index (χ1n) is 3.46. The molecule has 2 nitrogen and oxygen atoms in total. The molecule has 11 heavy (non-hydrogen) atoms. The van der Waals surface area contributed by atoms with Gasteiger partial charge in [0, 0.05) is 5.41 Å². The van der Waals surface area contributed by atoms with Crippen LogP contribution >= 0.6 is 0 Å². The topological polar surface area (TPSA) is 32.6 Å². The van der Waals surface area contributed by atoms with E-state index in [1.54, 1.807) is 20.8 Å². The number of halogens is 2. The van der Waals surface area contributed by atoms with Gasteiger partial charge in [-0.3, -0.25) is 0 Å². The summed E-state index contributed by atoms with van der Waals surface area (Å²) >= 11 is 0. The minimum atomic E-state index is -2.67. The Morgan fingerprint density at radius 2 is 2.00 bits per heavy atom. The van der Waals surface area contributed by atoms with Crippen LogP contribution in [0, 0.1) is 5.41 Å². The molecule has 0 radical (unpaired) electrons. The van der Waals surface area contributed by atoms with E-state index in [1.165, 1.54) is 0 Å². The molecule has 0 spiro atoms. The highest BCUT2D eigenvalue weighted by molar-refractivity contribution is 5.91. The molecule has 0 aliphatic heterocycles. The minimum absolute atomic E-state index is 0.444. The molecule has 0 aliphatic carbocycles. The first-order valence-corrected chi connectivity index (χ1v) is 3.46. The van der Waals surface area contributed by atoms with Crippen LogP contribution in [0.4, 0.5) is 8.78 Å². The Kier molecular flexibility index (Phi) is 3.42. The van der Waals surface area contributed by atoms with Crippen molar-refractivity contribution in [3.8, 4) is 0 Å². The maximum Gasteiger partial charge on any atom is 0.280 e. The molecule has 0 aliphatic rings. The lowest BCUT2D eigenvalue weighted by Crippen LogP contribution is -2.29. The van der Waals surface area contributed by atoms with Gasteiger partial charge in [0.25, 0.3) is 6.43 Å². The highest BCUT2D eigenvalue weighted by Crippen LogP contribution is 2.25. The van der Waals surface area contributed by atoms with E-state index in [1.807, 2.05) is 0 Å². The second kappa shape index (κ2) is 3.64. The van der Waals surface area contributed by atoms with Crippen LogP contribution in [-0.4, -0.2) is 17.3 Å². The van der Waals surface area contributed by atoms with Gasteiger partial charge in [0.05, 0.1) is 0 Å². The predicted molar refractivity (Wildman–Crippen MR) is 39.3 cm³/mol. The van der Waals surface area contributed by atoms with Crippen LogP contribution in [0.2, 0.25) is 0 Å². The molecule has 0 heterocycles. The first kappa shape index (κ1) is 10.3. The van der Waals surface area contributed by atoms with Crippen molar-refractivity contribution in [2.75, 3.05) is 0 Å². The molecule has 0 bridgehead atoms. The van der Waals surface area contributed by atoms with Crippen molar-refractivity contribution in [1.82, 2.24) is 0 Å². The Bertz CT molecular complexity index is 155. The van der Waals surface area contributed by atoms with Gasteiger partial charge < -0.3 is 5.21 Å². The van der Waals surface area contributed by atoms with Gasteiger partial charge in [-0.15, -0.1) is 0 Å². The van der Waals surface area contributed by atoms with Gasteiger partial charge >= 0.3 is 0 Å². The van der Waals surface area contributed by atoms with Crippen molar-refractivity contribution < 1.29 is 14.0 Å². The van der Waals surface area contributed by atoms with Crippen LogP contribution in [0.15, 0.2) is 5.16 Å². The second-order valence-corrected chi connectivity index (χ2v) is 3.02. The van der Waals surface area contributed by atoms with E-state index in [2.05, 4.69) is 5.16 Å². The smallest absolute Gasteiger partial charge is 0.280 e. The Hall–Kier alpha value is -0.670. The summed E-state index contributed by atoms with van der Waals surface area (Å²) in [6, 6.07) is 0. The summed E-state index contributed by atoms with van der Waals surface area (Å²) in [5, 5.41) is 10.9. The average Bonchev–Trinajstić information content (AvgIpc) is 1.88. The SMILES string of the molecule is CCC(C)(C)C(=NO)C(F)F. The highest BCUT2D eigenvalue weighted by atomic mass is 19.3. The molecule has 1 N–H and O–H groups in total. The van der Waals surface area contributed by atoms with Crippen LogP contribution in [0.1, 0.15) is 27.2 Å². The number of hydrogen-bond donors (Lipinski definition) is 1. The lowest BCUT2D eigenvalue weighted by molar-refractivity contribution is 0.195. The van der Waals surface area contributed by atoms with Gasteiger partial charge in [0.1, 0.15) is 5.71 Å². The summed E-state index contributed by atoms with van der Waals surface area (Å²) in [5.74, 6) is 0. The molecule has 0 saturated heterocycles. The van der Waals surface area contributed by atoms with Crippen LogP contribution in [0.5, 0.6) is 0 Å². The zero-order valence-electron chi connectivity index (χ0n) is 6.93. The number of hydrogen-bond acceptors (Lipinski definition) is 2. The third-order valence-corrected chi connectivity index (χ3v) is 1.89. The Labute approximate surface area is 64.9 Å². The monoisotopic (exact) mass is 165 g/mol. The van der Waals surface area contributed by atoms with Gasteiger partial charge in [-0.2, -0.15) is 0 Å². The van der Waals surface area contributed by atoms with Crippen molar-refractivity contribution in [2.24, 2.45) is 10.6 Å². The van der Waals surface area contributed by atoms with Gasteiger partial charge in [-0.1, -0.05) is 25.9 Å². The fourth-order valence-electron chi connectivity index (χ4n) is 0.655. The maximum atomic E-state index is 12.1. The molecule has 0 saturated carbocycles. The summed E-state index contributed by atoms with van der Waals surface area (Å²) in [7, 11) is 0. The molecular weight excluding hydrogens is 152 g/mol. The predicted octanol–water partition coefficient (Wildman–Crippen LogP) is 2.52. The van der Waals surface area contributed by atoms with E-state index in [-0.39, 0.29) is 0 Å². The van der Waals surface area contributed by atoms with E-state index >= 15 is 0 Å². The number of oxime groups is 1. The zero-order valence-corrected chi connectivity index (χ0v) is 6.93. The second-order valence-electron chi connectivity index (χ2n) is 3.02. The van der Waals surface area contributed by atoms with Crippen molar-refractivity contribution in [3.05, 3.63) is 0 Å².